The molecule has 0 aliphatic carbocycles. The molecule has 0 aliphatic heterocycles. The van der Waals surface area contributed by atoms with Crippen LogP contribution >= 0.6 is 15.9 Å². The Morgan fingerprint density at radius 3 is 2.80 bits per heavy atom. The fourth-order valence-corrected chi connectivity index (χ4v) is 2.06. The Bertz CT molecular complexity index is 604. The number of hydrogen-bond acceptors (Lipinski definition) is 3. The van der Waals surface area contributed by atoms with Crippen LogP contribution in [-0.2, 0) is 6.54 Å². The zero-order valence-electron chi connectivity index (χ0n) is 11.4. The first kappa shape index (κ1) is 14.9. The molecule has 20 heavy (non-hydrogen) atoms. The number of pyridine rings is 1. The van der Waals surface area contributed by atoms with E-state index in [2.05, 4.69) is 26.2 Å². The van der Waals surface area contributed by atoms with Crippen LogP contribution in [0.4, 0.5) is 4.39 Å². The van der Waals surface area contributed by atoms with Crippen LogP contribution in [0.5, 0.6) is 11.5 Å². The van der Waals surface area contributed by atoms with Gasteiger partial charge in [0.25, 0.3) is 0 Å². The van der Waals surface area contributed by atoms with Gasteiger partial charge in [-0.3, -0.25) is 4.98 Å². The quantitative estimate of drug-likeness (QED) is 0.887. The van der Waals surface area contributed by atoms with Crippen molar-refractivity contribution < 1.29 is 9.13 Å². The molecule has 0 atom stereocenters. The highest BCUT2D eigenvalue weighted by molar-refractivity contribution is 9.10. The summed E-state index contributed by atoms with van der Waals surface area (Å²) in [4.78, 5) is 4.25. The minimum absolute atomic E-state index is 0.205. The van der Waals surface area contributed by atoms with Crippen molar-refractivity contribution in [3.05, 3.63) is 52.0 Å². The average molecular weight is 339 g/mol. The van der Waals surface area contributed by atoms with E-state index in [-0.39, 0.29) is 5.75 Å². The van der Waals surface area contributed by atoms with Crippen LogP contribution in [-0.4, -0.2) is 11.5 Å². The van der Waals surface area contributed by atoms with Crippen LogP contribution in [0.2, 0.25) is 0 Å². The van der Waals surface area contributed by atoms with Gasteiger partial charge in [-0.2, -0.15) is 0 Å². The first-order valence-corrected chi connectivity index (χ1v) is 7.18. The van der Waals surface area contributed by atoms with Crippen molar-refractivity contribution >= 4 is 15.9 Å². The van der Waals surface area contributed by atoms with E-state index in [0.717, 1.165) is 17.8 Å². The second-order valence-corrected chi connectivity index (χ2v) is 5.31. The second kappa shape index (κ2) is 6.81. The Hall–Kier alpha value is -1.46. The largest absolute Gasteiger partial charge is 0.454 e. The standard InChI is InChI=1S/C15H16BrFN2O/c1-3-18-8-11-9-19-10(2)6-15(11)20-14-5-4-12(16)7-13(14)17/h4-7,9,18H,3,8H2,1-2H3. The third kappa shape index (κ3) is 3.77. The zero-order chi connectivity index (χ0) is 14.5. The number of hydrogen-bond donors (Lipinski definition) is 1. The van der Waals surface area contributed by atoms with Crippen LogP contribution in [0.1, 0.15) is 18.2 Å². The van der Waals surface area contributed by atoms with Gasteiger partial charge < -0.3 is 10.1 Å². The van der Waals surface area contributed by atoms with Gasteiger partial charge in [0, 0.05) is 34.5 Å². The third-order valence-electron chi connectivity index (χ3n) is 2.76. The molecule has 0 fully saturated rings. The lowest BCUT2D eigenvalue weighted by molar-refractivity contribution is 0.434. The van der Waals surface area contributed by atoms with Crippen molar-refractivity contribution in [3.8, 4) is 11.5 Å². The summed E-state index contributed by atoms with van der Waals surface area (Å²) in [5.41, 5.74) is 1.73. The van der Waals surface area contributed by atoms with E-state index < -0.39 is 5.82 Å². The third-order valence-corrected chi connectivity index (χ3v) is 3.25. The molecule has 0 saturated carbocycles. The van der Waals surface area contributed by atoms with E-state index >= 15 is 0 Å². The van der Waals surface area contributed by atoms with Gasteiger partial charge >= 0.3 is 0 Å². The highest BCUT2D eigenvalue weighted by Gasteiger charge is 2.10. The topological polar surface area (TPSA) is 34.2 Å². The summed E-state index contributed by atoms with van der Waals surface area (Å²) in [6.07, 6.45) is 1.75. The fraction of sp³-hybridized carbons (Fsp3) is 0.267. The van der Waals surface area contributed by atoms with Crippen molar-refractivity contribution in [3.63, 3.8) is 0 Å². The fourth-order valence-electron chi connectivity index (χ4n) is 1.73. The molecule has 0 bridgehead atoms. The molecule has 1 aromatic carbocycles. The van der Waals surface area contributed by atoms with Gasteiger partial charge in [-0.25, -0.2) is 4.39 Å². The number of rotatable bonds is 5. The number of nitrogens with zero attached hydrogens (tertiary/aromatic N) is 1. The van der Waals surface area contributed by atoms with E-state index in [0.29, 0.717) is 16.8 Å². The number of benzene rings is 1. The molecule has 2 aromatic rings. The summed E-state index contributed by atoms with van der Waals surface area (Å²) in [6.45, 7) is 5.38. The van der Waals surface area contributed by atoms with E-state index in [4.69, 9.17) is 4.74 Å². The molecular formula is C15H16BrFN2O. The molecule has 106 valence electrons. The Kier molecular flexibility index (Phi) is 5.09. The van der Waals surface area contributed by atoms with Gasteiger partial charge in [-0.05, 0) is 31.7 Å². The van der Waals surface area contributed by atoms with Crippen LogP contribution in [0.3, 0.4) is 0 Å². The maximum Gasteiger partial charge on any atom is 0.166 e. The van der Waals surface area contributed by atoms with E-state index in [1.807, 2.05) is 19.9 Å². The van der Waals surface area contributed by atoms with Crippen molar-refractivity contribution in [2.45, 2.75) is 20.4 Å². The van der Waals surface area contributed by atoms with Crippen LogP contribution in [0.15, 0.2) is 34.9 Å². The van der Waals surface area contributed by atoms with Crippen molar-refractivity contribution in [2.24, 2.45) is 0 Å². The zero-order valence-corrected chi connectivity index (χ0v) is 13.0. The molecule has 0 aliphatic rings. The predicted molar refractivity (Wildman–Crippen MR) is 80.5 cm³/mol. The second-order valence-electron chi connectivity index (χ2n) is 4.39. The number of aromatic nitrogens is 1. The van der Waals surface area contributed by atoms with Gasteiger partial charge in [0.2, 0.25) is 0 Å². The first-order valence-electron chi connectivity index (χ1n) is 6.39. The van der Waals surface area contributed by atoms with Crippen LogP contribution in [0, 0.1) is 12.7 Å². The molecule has 0 amide bonds. The lowest BCUT2D eigenvalue weighted by Crippen LogP contribution is -2.13. The maximum absolute atomic E-state index is 13.8. The number of aryl methyl sites for hydroxylation is 1. The summed E-state index contributed by atoms with van der Waals surface area (Å²) in [5, 5.41) is 3.21. The van der Waals surface area contributed by atoms with Crippen LogP contribution < -0.4 is 10.1 Å². The highest BCUT2D eigenvalue weighted by atomic mass is 79.9. The molecule has 5 heteroatoms. The molecule has 0 unspecified atom stereocenters. The molecular weight excluding hydrogens is 323 g/mol. The Balaban J connectivity index is 2.29. The van der Waals surface area contributed by atoms with E-state index in [1.165, 1.54) is 6.07 Å². The highest BCUT2D eigenvalue weighted by Crippen LogP contribution is 2.29. The summed E-state index contributed by atoms with van der Waals surface area (Å²) in [6, 6.07) is 6.55. The molecule has 2 rings (SSSR count). The summed E-state index contributed by atoms with van der Waals surface area (Å²) >= 11 is 3.23. The van der Waals surface area contributed by atoms with E-state index in [1.54, 1.807) is 18.3 Å². The molecule has 3 nitrogen and oxygen atoms in total. The van der Waals surface area contributed by atoms with Crippen molar-refractivity contribution in [2.75, 3.05) is 6.54 Å². The normalized spacial score (nSPS) is 10.6. The van der Waals surface area contributed by atoms with E-state index in [9.17, 15) is 4.39 Å². The summed E-state index contributed by atoms with van der Waals surface area (Å²) in [5.74, 6) is 0.430. The SMILES string of the molecule is CCNCc1cnc(C)cc1Oc1ccc(Br)cc1F. The summed E-state index contributed by atoms with van der Waals surface area (Å²) < 4.78 is 20.2. The van der Waals surface area contributed by atoms with Crippen molar-refractivity contribution in [1.29, 1.82) is 0 Å². The molecule has 1 aromatic heterocycles. The minimum Gasteiger partial charge on any atom is -0.454 e. The predicted octanol–water partition coefficient (Wildman–Crippen LogP) is 4.19. The first-order chi connectivity index (χ1) is 9.60. The van der Waals surface area contributed by atoms with Gasteiger partial charge in [-0.15, -0.1) is 0 Å². The number of nitrogens with one attached hydrogen (secondary N) is 1. The average Bonchev–Trinajstić information content (AvgIpc) is 2.41. The summed E-state index contributed by atoms with van der Waals surface area (Å²) in [7, 11) is 0. The number of halogens is 2. The Labute approximate surface area is 126 Å². The molecule has 0 saturated heterocycles. The molecule has 1 heterocycles. The van der Waals surface area contributed by atoms with Gasteiger partial charge in [0.15, 0.2) is 11.6 Å². The van der Waals surface area contributed by atoms with Gasteiger partial charge in [0.1, 0.15) is 5.75 Å². The Morgan fingerprint density at radius 1 is 1.30 bits per heavy atom. The lowest BCUT2D eigenvalue weighted by atomic mass is 10.2. The van der Waals surface area contributed by atoms with Gasteiger partial charge in [0.05, 0.1) is 0 Å². The number of ether oxygens (including phenoxy) is 1. The molecule has 0 spiro atoms. The monoisotopic (exact) mass is 338 g/mol. The van der Waals surface area contributed by atoms with Crippen molar-refractivity contribution in [1.82, 2.24) is 10.3 Å². The minimum atomic E-state index is -0.400. The van der Waals surface area contributed by atoms with Gasteiger partial charge in [-0.1, -0.05) is 22.9 Å². The Morgan fingerprint density at radius 2 is 2.10 bits per heavy atom. The smallest absolute Gasteiger partial charge is 0.166 e. The van der Waals surface area contributed by atoms with Crippen LogP contribution in [0.25, 0.3) is 0 Å². The maximum atomic E-state index is 13.8. The lowest BCUT2D eigenvalue weighted by Gasteiger charge is -2.12. The molecule has 0 radical (unpaired) electrons. The molecule has 1 N–H and O–H groups in total.